The van der Waals surface area contributed by atoms with E-state index in [0.29, 0.717) is 30.3 Å². The fourth-order valence-corrected chi connectivity index (χ4v) is 3.24. The predicted molar refractivity (Wildman–Crippen MR) is 76.9 cm³/mol. The van der Waals surface area contributed by atoms with Crippen LogP contribution in [0.5, 0.6) is 5.88 Å². The standard InChI is InChI=1S/C13H17N3O3S/c14-7-1-2-8-16-20(18,19)12-5-3-4-11-10(12)6-9-15-13(11)17/h3-6,9,16H,1-2,7-8,14H2,(H,15,17). The Morgan fingerprint density at radius 1 is 1.20 bits per heavy atom. The average Bonchev–Trinajstić information content (AvgIpc) is 2.43. The van der Waals surface area contributed by atoms with Crippen LogP contribution in [-0.2, 0) is 10.0 Å². The molecule has 0 saturated carbocycles. The third-order valence-electron chi connectivity index (χ3n) is 2.96. The number of hydrogen-bond acceptors (Lipinski definition) is 5. The third-order valence-corrected chi connectivity index (χ3v) is 4.48. The summed E-state index contributed by atoms with van der Waals surface area (Å²) in [6, 6.07) is 6.29. The zero-order valence-corrected chi connectivity index (χ0v) is 11.7. The number of aromatic hydroxyl groups is 1. The molecule has 7 heteroatoms. The molecule has 4 N–H and O–H groups in total. The Balaban J connectivity index is 2.35. The second-order valence-electron chi connectivity index (χ2n) is 4.38. The second kappa shape index (κ2) is 6.17. The predicted octanol–water partition coefficient (Wildman–Crippen LogP) is 0.958. The minimum absolute atomic E-state index is 0.139. The van der Waals surface area contributed by atoms with E-state index in [1.54, 1.807) is 18.2 Å². The minimum Gasteiger partial charge on any atom is -0.493 e. The number of aromatic nitrogens is 1. The van der Waals surface area contributed by atoms with E-state index in [-0.39, 0.29) is 10.8 Å². The number of unbranched alkanes of at least 4 members (excludes halogenated alkanes) is 1. The first kappa shape index (κ1) is 14.7. The maximum absolute atomic E-state index is 12.3. The van der Waals surface area contributed by atoms with Gasteiger partial charge in [-0.1, -0.05) is 6.07 Å². The third kappa shape index (κ3) is 3.06. The summed E-state index contributed by atoms with van der Waals surface area (Å²) in [4.78, 5) is 3.88. The number of sulfonamides is 1. The molecule has 0 unspecified atom stereocenters. The Hall–Kier alpha value is -1.70. The largest absolute Gasteiger partial charge is 0.493 e. The number of rotatable bonds is 6. The maximum Gasteiger partial charge on any atom is 0.241 e. The Morgan fingerprint density at radius 3 is 2.75 bits per heavy atom. The zero-order chi connectivity index (χ0) is 14.6. The van der Waals surface area contributed by atoms with Crippen molar-refractivity contribution >= 4 is 20.8 Å². The Kier molecular flexibility index (Phi) is 4.53. The lowest BCUT2D eigenvalue weighted by Crippen LogP contribution is -2.25. The van der Waals surface area contributed by atoms with Gasteiger partial charge < -0.3 is 10.8 Å². The van der Waals surface area contributed by atoms with Crippen molar-refractivity contribution in [2.24, 2.45) is 5.73 Å². The molecule has 1 aromatic carbocycles. The van der Waals surface area contributed by atoms with E-state index in [1.165, 1.54) is 12.3 Å². The van der Waals surface area contributed by atoms with Crippen LogP contribution in [0.3, 0.4) is 0 Å². The molecule has 2 aromatic rings. The number of nitrogens with two attached hydrogens (primary N) is 1. The quantitative estimate of drug-likeness (QED) is 0.688. The van der Waals surface area contributed by atoms with Crippen LogP contribution in [0.4, 0.5) is 0 Å². The summed E-state index contributed by atoms with van der Waals surface area (Å²) in [5.74, 6) is -0.178. The molecule has 108 valence electrons. The molecule has 6 nitrogen and oxygen atoms in total. The number of fused-ring (bicyclic) bond motifs is 1. The summed E-state index contributed by atoms with van der Waals surface area (Å²) in [5, 5.41) is 10.5. The maximum atomic E-state index is 12.3. The van der Waals surface area contributed by atoms with E-state index in [1.807, 2.05) is 0 Å². The SMILES string of the molecule is NCCCCNS(=O)(=O)c1cccc2c(O)nccc12. The molecule has 1 heterocycles. The Morgan fingerprint density at radius 2 is 2.00 bits per heavy atom. The van der Waals surface area contributed by atoms with Gasteiger partial charge >= 0.3 is 0 Å². The first-order valence-electron chi connectivity index (χ1n) is 6.32. The topological polar surface area (TPSA) is 105 Å². The lowest BCUT2D eigenvalue weighted by molar-refractivity contribution is 0.460. The highest BCUT2D eigenvalue weighted by molar-refractivity contribution is 7.89. The van der Waals surface area contributed by atoms with Gasteiger partial charge in [0.15, 0.2) is 0 Å². The van der Waals surface area contributed by atoms with Crippen LogP contribution in [0.1, 0.15) is 12.8 Å². The summed E-state index contributed by atoms with van der Waals surface area (Å²) < 4.78 is 27.1. The van der Waals surface area contributed by atoms with Gasteiger partial charge in [0.05, 0.1) is 4.90 Å². The van der Waals surface area contributed by atoms with Crippen LogP contribution in [0.2, 0.25) is 0 Å². The molecular formula is C13H17N3O3S. The summed E-state index contributed by atoms with van der Waals surface area (Å²) in [6.45, 7) is 0.878. The van der Waals surface area contributed by atoms with E-state index >= 15 is 0 Å². The van der Waals surface area contributed by atoms with Gasteiger partial charge in [-0.15, -0.1) is 0 Å². The second-order valence-corrected chi connectivity index (χ2v) is 6.11. The van der Waals surface area contributed by atoms with E-state index < -0.39 is 10.0 Å². The first-order valence-corrected chi connectivity index (χ1v) is 7.81. The molecule has 0 atom stereocenters. The van der Waals surface area contributed by atoms with Gasteiger partial charge in [-0.25, -0.2) is 18.1 Å². The van der Waals surface area contributed by atoms with Crippen LogP contribution >= 0.6 is 0 Å². The lowest BCUT2D eigenvalue weighted by atomic mass is 10.2. The van der Waals surface area contributed by atoms with Crippen molar-refractivity contribution in [3.63, 3.8) is 0 Å². The van der Waals surface area contributed by atoms with Crippen LogP contribution in [0.25, 0.3) is 10.8 Å². The van der Waals surface area contributed by atoms with Gasteiger partial charge in [0.1, 0.15) is 0 Å². The van der Waals surface area contributed by atoms with Gasteiger partial charge in [0.25, 0.3) is 0 Å². The Labute approximate surface area is 117 Å². The number of nitrogens with zero attached hydrogens (tertiary/aromatic N) is 1. The van der Waals surface area contributed by atoms with Crippen LogP contribution < -0.4 is 10.5 Å². The van der Waals surface area contributed by atoms with Crippen LogP contribution in [0.15, 0.2) is 35.4 Å². The summed E-state index contributed by atoms with van der Waals surface area (Å²) in [7, 11) is -3.61. The van der Waals surface area contributed by atoms with Crippen LogP contribution in [-0.4, -0.2) is 31.6 Å². The Bertz CT molecular complexity index is 701. The molecule has 20 heavy (non-hydrogen) atoms. The number of pyridine rings is 1. The molecule has 1 aromatic heterocycles. The summed E-state index contributed by atoms with van der Waals surface area (Å²) >= 11 is 0. The molecule has 0 aliphatic rings. The monoisotopic (exact) mass is 295 g/mol. The fraction of sp³-hybridized carbons (Fsp3) is 0.308. The van der Waals surface area contributed by atoms with E-state index in [9.17, 15) is 13.5 Å². The van der Waals surface area contributed by atoms with Crippen molar-refractivity contribution in [1.82, 2.24) is 9.71 Å². The van der Waals surface area contributed by atoms with E-state index in [2.05, 4.69) is 9.71 Å². The minimum atomic E-state index is -3.61. The highest BCUT2D eigenvalue weighted by atomic mass is 32.2. The van der Waals surface area contributed by atoms with Crippen molar-refractivity contribution in [3.05, 3.63) is 30.5 Å². The molecule has 0 saturated heterocycles. The van der Waals surface area contributed by atoms with Gasteiger partial charge in [0, 0.05) is 23.5 Å². The normalized spacial score (nSPS) is 11.8. The van der Waals surface area contributed by atoms with Gasteiger partial charge in [-0.2, -0.15) is 0 Å². The van der Waals surface area contributed by atoms with Gasteiger partial charge in [0.2, 0.25) is 15.9 Å². The van der Waals surface area contributed by atoms with E-state index in [4.69, 9.17) is 5.73 Å². The first-order chi connectivity index (χ1) is 9.56. The van der Waals surface area contributed by atoms with Crippen molar-refractivity contribution in [1.29, 1.82) is 0 Å². The van der Waals surface area contributed by atoms with Crippen LogP contribution in [0, 0.1) is 0 Å². The van der Waals surface area contributed by atoms with Crippen molar-refractivity contribution in [2.75, 3.05) is 13.1 Å². The molecule has 0 bridgehead atoms. The summed E-state index contributed by atoms with van der Waals surface area (Å²) in [6.07, 6.45) is 2.83. The number of nitrogens with one attached hydrogen (secondary N) is 1. The lowest BCUT2D eigenvalue weighted by Gasteiger charge is -2.09. The smallest absolute Gasteiger partial charge is 0.241 e. The highest BCUT2D eigenvalue weighted by Crippen LogP contribution is 2.27. The summed E-state index contributed by atoms with van der Waals surface area (Å²) in [5.41, 5.74) is 5.37. The molecule has 0 fully saturated rings. The zero-order valence-electron chi connectivity index (χ0n) is 10.9. The number of benzene rings is 1. The molecular weight excluding hydrogens is 278 g/mol. The molecule has 0 aliphatic heterocycles. The molecule has 0 amide bonds. The average molecular weight is 295 g/mol. The van der Waals surface area contributed by atoms with Gasteiger partial charge in [-0.3, -0.25) is 0 Å². The molecule has 0 spiro atoms. The fourth-order valence-electron chi connectivity index (χ4n) is 1.95. The molecule has 2 rings (SSSR count). The van der Waals surface area contributed by atoms with E-state index in [0.717, 1.165) is 6.42 Å². The molecule has 0 aliphatic carbocycles. The highest BCUT2D eigenvalue weighted by Gasteiger charge is 2.17. The molecule has 0 radical (unpaired) electrons. The number of hydrogen-bond donors (Lipinski definition) is 3. The van der Waals surface area contributed by atoms with Gasteiger partial charge in [-0.05, 0) is 37.6 Å². The van der Waals surface area contributed by atoms with Crippen molar-refractivity contribution in [3.8, 4) is 5.88 Å². The van der Waals surface area contributed by atoms with Crippen molar-refractivity contribution < 1.29 is 13.5 Å². The van der Waals surface area contributed by atoms with Crippen molar-refractivity contribution in [2.45, 2.75) is 17.7 Å².